The number of carbonyl (C=O) groups excluding carboxylic acids is 2. The van der Waals surface area contributed by atoms with Crippen molar-refractivity contribution < 1.29 is 9.59 Å². The fourth-order valence-corrected chi connectivity index (χ4v) is 5.54. The van der Waals surface area contributed by atoms with Gasteiger partial charge in [0.2, 0.25) is 0 Å². The van der Waals surface area contributed by atoms with Gasteiger partial charge in [-0.3, -0.25) is 9.59 Å². The van der Waals surface area contributed by atoms with Gasteiger partial charge in [-0.15, -0.1) is 0 Å². The standard InChI is InChI=1S/C34H18N4O2/c35-19-21-9-15-29-27(17-21)28-18-22(20-36)10-16-30(28)38(29)31-8-4-7-26-32(31)34(40)37(33(26)39)25-13-11-24(12-14-25)23-5-2-1-3-6-23/h1-18H. The lowest BCUT2D eigenvalue weighted by Crippen LogP contribution is -2.29. The third-order valence-corrected chi connectivity index (χ3v) is 7.39. The molecule has 6 heteroatoms. The highest BCUT2D eigenvalue weighted by molar-refractivity contribution is 6.35. The molecule has 1 aromatic heterocycles. The zero-order valence-corrected chi connectivity index (χ0v) is 21.0. The van der Waals surface area contributed by atoms with Gasteiger partial charge in [0.25, 0.3) is 11.8 Å². The van der Waals surface area contributed by atoms with E-state index in [2.05, 4.69) is 12.1 Å². The Hall–Kier alpha value is -5.98. The van der Waals surface area contributed by atoms with Crippen LogP contribution in [-0.2, 0) is 0 Å². The Morgan fingerprint density at radius 2 is 1.18 bits per heavy atom. The molecule has 0 bridgehead atoms. The molecule has 0 saturated heterocycles. The van der Waals surface area contributed by atoms with Crippen molar-refractivity contribution >= 4 is 39.3 Å². The molecule has 5 aromatic carbocycles. The molecule has 186 valence electrons. The van der Waals surface area contributed by atoms with Gasteiger partial charge in [0, 0.05) is 10.8 Å². The fourth-order valence-electron chi connectivity index (χ4n) is 5.54. The van der Waals surface area contributed by atoms with Gasteiger partial charge in [-0.05, 0) is 71.8 Å². The summed E-state index contributed by atoms with van der Waals surface area (Å²) in [6, 6.07) is 37.6. The molecule has 2 heterocycles. The van der Waals surface area contributed by atoms with Crippen LogP contribution in [0.15, 0.2) is 109 Å². The van der Waals surface area contributed by atoms with Crippen molar-refractivity contribution in [2.24, 2.45) is 0 Å². The van der Waals surface area contributed by atoms with Gasteiger partial charge in [0.05, 0.1) is 56.8 Å². The van der Waals surface area contributed by atoms with Crippen LogP contribution in [0, 0.1) is 22.7 Å². The molecule has 0 saturated carbocycles. The number of carbonyl (C=O) groups is 2. The lowest BCUT2D eigenvalue weighted by Gasteiger charge is -2.15. The van der Waals surface area contributed by atoms with Crippen LogP contribution in [-0.4, -0.2) is 16.4 Å². The number of amides is 2. The molecule has 0 radical (unpaired) electrons. The molecule has 6 nitrogen and oxygen atoms in total. The lowest BCUT2D eigenvalue weighted by molar-refractivity contribution is 0.0926. The van der Waals surface area contributed by atoms with Crippen LogP contribution in [0.5, 0.6) is 0 Å². The Kier molecular flexibility index (Phi) is 5.10. The summed E-state index contributed by atoms with van der Waals surface area (Å²) in [7, 11) is 0. The monoisotopic (exact) mass is 514 g/mol. The minimum absolute atomic E-state index is 0.312. The van der Waals surface area contributed by atoms with Crippen molar-refractivity contribution in [3.8, 4) is 29.0 Å². The van der Waals surface area contributed by atoms with E-state index >= 15 is 0 Å². The SMILES string of the molecule is N#Cc1ccc2c(c1)c1cc(C#N)ccc1n2-c1cccc2c1C(=O)N(c1ccc(-c3ccccc3)cc1)C2=O. The van der Waals surface area contributed by atoms with Gasteiger partial charge in [-0.1, -0.05) is 48.5 Å². The van der Waals surface area contributed by atoms with Crippen LogP contribution in [0.25, 0.3) is 38.6 Å². The molecule has 0 unspecified atom stereocenters. The number of hydrogen-bond acceptors (Lipinski definition) is 4. The molecule has 7 rings (SSSR count). The second-order valence-electron chi connectivity index (χ2n) is 9.58. The summed E-state index contributed by atoms with van der Waals surface area (Å²) >= 11 is 0. The molecule has 1 aliphatic heterocycles. The number of benzene rings is 5. The molecular weight excluding hydrogens is 496 g/mol. The molecule has 40 heavy (non-hydrogen) atoms. The summed E-state index contributed by atoms with van der Waals surface area (Å²) in [6.45, 7) is 0. The number of nitriles is 2. The maximum absolute atomic E-state index is 14.0. The van der Waals surface area contributed by atoms with Gasteiger partial charge in [0.15, 0.2) is 0 Å². The summed E-state index contributed by atoms with van der Waals surface area (Å²) < 4.78 is 1.93. The first-order chi connectivity index (χ1) is 19.6. The Morgan fingerprint density at radius 1 is 0.575 bits per heavy atom. The van der Waals surface area contributed by atoms with E-state index in [1.54, 1.807) is 48.5 Å². The Labute approximate surface area is 229 Å². The van der Waals surface area contributed by atoms with E-state index in [0.717, 1.165) is 32.9 Å². The van der Waals surface area contributed by atoms with Crippen molar-refractivity contribution in [3.05, 3.63) is 131 Å². The highest BCUT2D eigenvalue weighted by Crippen LogP contribution is 2.38. The number of fused-ring (bicyclic) bond motifs is 4. The predicted octanol–water partition coefficient (Wildman–Crippen LogP) is 6.99. The van der Waals surface area contributed by atoms with Crippen molar-refractivity contribution in [2.75, 3.05) is 4.90 Å². The van der Waals surface area contributed by atoms with Gasteiger partial charge in [-0.2, -0.15) is 10.5 Å². The van der Waals surface area contributed by atoms with Crippen LogP contribution in [0.3, 0.4) is 0 Å². The number of hydrogen-bond donors (Lipinski definition) is 0. The topological polar surface area (TPSA) is 89.9 Å². The Bertz CT molecular complexity index is 2040. The number of imide groups is 1. The van der Waals surface area contributed by atoms with E-state index in [4.69, 9.17) is 0 Å². The summed E-state index contributed by atoms with van der Waals surface area (Å²) in [5.41, 5.74) is 6.24. The average molecular weight is 515 g/mol. The Morgan fingerprint density at radius 3 is 1.77 bits per heavy atom. The van der Waals surface area contributed by atoms with Crippen molar-refractivity contribution in [3.63, 3.8) is 0 Å². The van der Waals surface area contributed by atoms with E-state index in [-0.39, 0.29) is 5.91 Å². The quantitative estimate of drug-likeness (QED) is 0.238. The van der Waals surface area contributed by atoms with Gasteiger partial charge < -0.3 is 4.57 Å². The average Bonchev–Trinajstić information content (AvgIpc) is 3.47. The Balaban J connectivity index is 1.40. The molecule has 0 spiro atoms. The second kappa shape index (κ2) is 8.80. The second-order valence-corrected chi connectivity index (χ2v) is 9.58. The smallest absolute Gasteiger partial charge is 0.268 e. The molecule has 1 aliphatic rings. The van der Waals surface area contributed by atoms with Crippen LogP contribution in [0.4, 0.5) is 5.69 Å². The van der Waals surface area contributed by atoms with E-state index in [9.17, 15) is 20.1 Å². The van der Waals surface area contributed by atoms with Gasteiger partial charge in [-0.25, -0.2) is 4.90 Å². The molecule has 0 atom stereocenters. The van der Waals surface area contributed by atoms with Gasteiger partial charge >= 0.3 is 0 Å². The van der Waals surface area contributed by atoms with E-state index in [0.29, 0.717) is 33.6 Å². The zero-order valence-electron chi connectivity index (χ0n) is 21.0. The summed E-state index contributed by atoms with van der Waals surface area (Å²) in [5, 5.41) is 20.6. The fraction of sp³-hybridized carbons (Fsp3) is 0. The van der Waals surface area contributed by atoms with E-state index in [1.165, 1.54) is 4.90 Å². The number of anilines is 1. The van der Waals surface area contributed by atoms with E-state index < -0.39 is 5.91 Å². The third kappa shape index (κ3) is 3.34. The lowest BCUT2D eigenvalue weighted by atomic mass is 10.1. The zero-order chi connectivity index (χ0) is 27.4. The van der Waals surface area contributed by atoms with Gasteiger partial charge in [0.1, 0.15) is 0 Å². The maximum atomic E-state index is 14.0. The van der Waals surface area contributed by atoms with Crippen molar-refractivity contribution in [1.29, 1.82) is 10.5 Å². The minimum Gasteiger partial charge on any atom is -0.308 e. The highest BCUT2D eigenvalue weighted by Gasteiger charge is 2.39. The van der Waals surface area contributed by atoms with Crippen LogP contribution in [0.1, 0.15) is 31.8 Å². The number of aromatic nitrogens is 1. The number of nitrogens with zero attached hydrogens (tertiary/aromatic N) is 4. The molecule has 0 fully saturated rings. The van der Waals surface area contributed by atoms with Crippen LogP contribution in [0.2, 0.25) is 0 Å². The number of rotatable bonds is 3. The van der Waals surface area contributed by atoms with Crippen LogP contribution < -0.4 is 4.90 Å². The first kappa shape index (κ1) is 23.2. The summed E-state index contributed by atoms with van der Waals surface area (Å²) in [6.07, 6.45) is 0. The van der Waals surface area contributed by atoms with Crippen molar-refractivity contribution in [2.45, 2.75) is 0 Å². The van der Waals surface area contributed by atoms with Crippen molar-refractivity contribution in [1.82, 2.24) is 4.57 Å². The predicted molar refractivity (Wildman–Crippen MR) is 153 cm³/mol. The molecule has 2 amide bonds. The largest absolute Gasteiger partial charge is 0.308 e. The maximum Gasteiger partial charge on any atom is 0.268 e. The summed E-state index contributed by atoms with van der Waals surface area (Å²) in [5.74, 6) is -0.783. The van der Waals surface area contributed by atoms with Crippen LogP contribution >= 0.6 is 0 Å². The highest BCUT2D eigenvalue weighted by atomic mass is 16.2. The molecule has 0 N–H and O–H groups in total. The summed E-state index contributed by atoms with van der Waals surface area (Å²) in [4.78, 5) is 28.8. The normalized spacial score (nSPS) is 12.5. The first-order valence-corrected chi connectivity index (χ1v) is 12.6. The minimum atomic E-state index is -0.402. The van der Waals surface area contributed by atoms with E-state index in [1.807, 2.05) is 65.2 Å². The first-order valence-electron chi connectivity index (χ1n) is 12.6. The molecular formula is C34H18N4O2. The molecule has 6 aromatic rings. The molecule has 0 aliphatic carbocycles. The third-order valence-electron chi connectivity index (χ3n) is 7.39.